The summed E-state index contributed by atoms with van der Waals surface area (Å²) < 4.78 is 17.1. The summed E-state index contributed by atoms with van der Waals surface area (Å²) >= 11 is 1.43. The van der Waals surface area contributed by atoms with Crippen LogP contribution in [0.2, 0.25) is 0 Å². The number of aliphatic hydroxyl groups excluding tert-OH is 1. The number of carbonyl (C=O) groups excluding carboxylic acids is 1. The Morgan fingerprint density at radius 1 is 1.26 bits per heavy atom. The molecule has 0 saturated carbocycles. The van der Waals surface area contributed by atoms with Crippen LogP contribution in [0.4, 0.5) is 5.69 Å². The van der Waals surface area contributed by atoms with Gasteiger partial charge < -0.3 is 19.9 Å². The summed E-state index contributed by atoms with van der Waals surface area (Å²) in [5, 5.41) is 23.5. The highest BCUT2D eigenvalue weighted by Crippen LogP contribution is 2.41. The molecular weight excluding hydrogens is 462 g/mol. The van der Waals surface area contributed by atoms with Gasteiger partial charge in [0.2, 0.25) is 0 Å². The Bertz CT molecular complexity index is 1500. The van der Waals surface area contributed by atoms with Gasteiger partial charge in [0, 0.05) is 34.2 Å². The van der Waals surface area contributed by atoms with Gasteiger partial charge in [-0.1, -0.05) is 6.58 Å². The topological polar surface area (TPSA) is 104 Å². The van der Waals surface area contributed by atoms with Crippen LogP contribution in [0.25, 0.3) is 10.1 Å². The molecule has 35 heavy (non-hydrogen) atoms. The summed E-state index contributed by atoms with van der Waals surface area (Å²) in [4.78, 5) is 12.7. The van der Waals surface area contributed by atoms with Gasteiger partial charge in [-0.3, -0.25) is 4.79 Å². The van der Waals surface area contributed by atoms with E-state index in [0.717, 1.165) is 15.8 Å². The van der Waals surface area contributed by atoms with Crippen LogP contribution < -0.4 is 14.8 Å². The van der Waals surface area contributed by atoms with Gasteiger partial charge in [-0.25, -0.2) is 0 Å². The Balaban J connectivity index is 1.33. The maximum atomic E-state index is 12.7. The molecule has 4 aromatic rings. The fourth-order valence-electron chi connectivity index (χ4n) is 4.08. The highest BCUT2D eigenvalue weighted by molar-refractivity contribution is 7.13. The number of amides is 1. The van der Waals surface area contributed by atoms with Crippen molar-refractivity contribution >= 4 is 33.2 Å². The Hall–Kier alpha value is -4.35. The molecule has 8 heteroatoms. The molecule has 1 atom stereocenters. The standard InChI is InChI=1S/C27H21N3O4S/c1-15-22-12-19(5-8-26(22)35-30-15)29-27(32)17-3-6-20(7-4-17)34-24-13-25-23(11-18(24)14-28)21(16(2)31)9-10-33-25/h3-8,11-13,21,31H,2,9-10H2,1H3,(H,29,32). The Labute approximate surface area is 206 Å². The second-order valence-electron chi connectivity index (χ2n) is 8.24. The summed E-state index contributed by atoms with van der Waals surface area (Å²) in [5.74, 6) is 0.877. The van der Waals surface area contributed by atoms with Crippen LogP contribution in [0.3, 0.4) is 0 Å². The molecule has 0 aliphatic carbocycles. The third-order valence-corrected chi connectivity index (χ3v) is 6.84. The summed E-state index contributed by atoms with van der Waals surface area (Å²) in [7, 11) is 0. The smallest absolute Gasteiger partial charge is 0.255 e. The van der Waals surface area contributed by atoms with Gasteiger partial charge in [0.15, 0.2) is 0 Å². The number of aliphatic hydroxyl groups is 1. The zero-order valence-corrected chi connectivity index (χ0v) is 19.7. The average molecular weight is 484 g/mol. The second-order valence-corrected chi connectivity index (χ2v) is 9.04. The molecule has 0 spiro atoms. The third kappa shape index (κ3) is 4.42. The molecule has 0 saturated heterocycles. The first-order chi connectivity index (χ1) is 16.9. The van der Waals surface area contributed by atoms with Crippen molar-refractivity contribution in [2.75, 3.05) is 11.9 Å². The molecule has 0 radical (unpaired) electrons. The predicted molar refractivity (Wildman–Crippen MR) is 135 cm³/mol. The number of ether oxygens (including phenoxy) is 2. The third-order valence-electron chi connectivity index (χ3n) is 5.93. The number of aromatic nitrogens is 1. The number of rotatable bonds is 5. The van der Waals surface area contributed by atoms with Crippen LogP contribution in [0.1, 0.15) is 39.5 Å². The number of benzene rings is 3. The van der Waals surface area contributed by atoms with E-state index in [9.17, 15) is 15.2 Å². The van der Waals surface area contributed by atoms with Gasteiger partial charge >= 0.3 is 0 Å². The molecule has 1 aliphatic rings. The molecule has 2 N–H and O–H groups in total. The average Bonchev–Trinajstić information content (AvgIpc) is 3.23. The SMILES string of the molecule is C=C(O)C1CCOc2cc(Oc3ccc(C(=O)Nc4ccc5snc(C)c5c4)cc3)c(C#N)cc21. The van der Waals surface area contributed by atoms with Crippen molar-refractivity contribution in [2.24, 2.45) is 0 Å². The van der Waals surface area contributed by atoms with Gasteiger partial charge in [-0.05, 0) is 73.4 Å². The number of carbonyl (C=O) groups is 1. The van der Waals surface area contributed by atoms with E-state index >= 15 is 0 Å². The Kier molecular flexibility index (Phi) is 5.85. The van der Waals surface area contributed by atoms with E-state index in [-0.39, 0.29) is 17.6 Å². The van der Waals surface area contributed by atoms with Crippen LogP contribution in [-0.4, -0.2) is 22.0 Å². The van der Waals surface area contributed by atoms with Crippen LogP contribution in [0.5, 0.6) is 17.2 Å². The maximum absolute atomic E-state index is 12.7. The molecule has 0 fully saturated rings. The molecule has 3 aromatic carbocycles. The summed E-state index contributed by atoms with van der Waals surface area (Å²) in [6.07, 6.45) is 0.592. The number of allylic oxidation sites excluding steroid dienone is 1. The molecular formula is C27H21N3O4S. The number of nitriles is 1. The van der Waals surface area contributed by atoms with Gasteiger partial charge in [0.25, 0.3) is 5.91 Å². The van der Waals surface area contributed by atoms with E-state index in [1.807, 2.05) is 25.1 Å². The minimum atomic E-state index is -0.279. The molecule has 5 rings (SSSR count). The highest BCUT2D eigenvalue weighted by atomic mass is 32.1. The molecule has 1 aromatic heterocycles. The van der Waals surface area contributed by atoms with Crippen LogP contribution in [0, 0.1) is 18.3 Å². The predicted octanol–water partition coefficient (Wildman–Crippen LogP) is 6.46. The first-order valence-electron chi connectivity index (χ1n) is 11.0. The number of hydrogen-bond acceptors (Lipinski definition) is 7. The van der Waals surface area contributed by atoms with Crippen molar-refractivity contribution in [3.63, 3.8) is 0 Å². The molecule has 1 amide bonds. The molecule has 7 nitrogen and oxygen atoms in total. The van der Waals surface area contributed by atoms with E-state index in [2.05, 4.69) is 22.3 Å². The fourth-order valence-corrected chi connectivity index (χ4v) is 4.84. The summed E-state index contributed by atoms with van der Waals surface area (Å²) in [5.41, 5.74) is 3.13. The van der Waals surface area contributed by atoms with Gasteiger partial charge in [0.1, 0.15) is 23.3 Å². The lowest BCUT2D eigenvalue weighted by molar-refractivity contribution is 0.102. The van der Waals surface area contributed by atoms with Gasteiger partial charge in [-0.15, -0.1) is 0 Å². The van der Waals surface area contributed by atoms with E-state index < -0.39 is 0 Å². The van der Waals surface area contributed by atoms with Gasteiger partial charge in [-0.2, -0.15) is 9.64 Å². The Morgan fingerprint density at radius 3 is 2.80 bits per heavy atom. The highest BCUT2D eigenvalue weighted by Gasteiger charge is 2.26. The number of aryl methyl sites for hydroxylation is 1. The molecule has 2 heterocycles. The molecule has 174 valence electrons. The van der Waals surface area contributed by atoms with Crippen molar-refractivity contribution in [1.82, 2.24) is 4.37 Å². The maximum Gasteiger partial charge on any atom is 0.255 e. The summed E-state index contributed by atoms with van der Waals surface area (Å²) in [6, 6.07) is 17.8. The first kappa shape index (κ1) is 22.4. The Morgan fingerprint density at radius 2 is 2.06 bits per heavy atom. The van der Waals surface area contributed by atoms with E-state index in [0.29, 0.717) is 52.7 Å². The van der Waals surface area contributed by atoms with Crippen molar-refractivity contribution in [1.29, 1.82) is 5.26 Å². The number of hydrogen-bond donors (Lipinski definition) is 2. The molecule has 0 bridgehead atoms. The van der Waals surface area contributed by atoms with E-state index in [1.165, 1.54) is 11.5 Å². The molecule has 1 unspecified atom stereocenters. The van der Waals surface area contributed by atoms with Crippen molar-refractivity contribution < 1.29 is 19.4 Å². The number of fused-ring (bicyclic) bond motifs is 2. The fraction of sp³-hybridized carbons (Fsp3) is 0.148. The van der Waals surface area contributed by atoms with E-state index in [1.54, 1.807) is 36.4 Å². The van der Waals surface area contributed by atoms with Gasteiger partial charge in [0.05, 0.1) is 28.3 Å². The number of nitrogens with one attached hydrogen (secondary N) is 1. The quantitative estimate of drug-likeness (QED) is 0.316. The minimum absolute atomic E-state index is 0.0445. The largest absolute Gasteiger partial charge is 0.512 e. The molecule has 1 aliphatic heterocycles. The lowest BCUT2D eigenvalue weighted by atomic mass is 9.90. The van der Waals surface area contributed by atoms with Crippen molar-refractivity contribution in [3.8, 4) is 23.3 Å². The van der Waals surface area contributed by atoms with Crippen LogP contribution in [-0.2, 0) is 0 Å². The van der Waals surface area contributed by atoms with Crippen molar-refractivity contribution in [2.45, 2.75) is 19.3 Å². The first-order valence-corrected chi connectivity index (χ1v) is 11.7. The second kappa shape index (κ2) is 9.12. The van der Waals surface area contributed by atoms with Crippen LogP contribution in [0.15, 0.2) is 66.9 Å². The van der Waals surface area contributed by atoms with E-state index in [4.69, 9.17) is 9.47 Å². The zero-order chi connectivity index (χ0) is 24.5. The minimum Gasteiger partial charge on any atom is -0.512 e. The number of anilines is 1. The number of nitrogens with zero attached hydrogens (tertiary/aromatic N) is 2. The normalized spacial score (nSPS) is 14.5. The monoisotopic (exact) mass is 483 g/mol. The lowest BCUT2D eigenvalue weighted by Crippen LogP contribution is -2.16. The zero-order valence-electron chi connectivity index (χ0n) is 18.9. The lowest BCUT2D eigenvalue weighted by Gasteiger charge is -2.26. The van der Waals surface area contributed by atoms with Crippen molar-refractivity contribution in [3.05, 3.63) is 89.3 Å². The van der Waals surface area contributed by atoms with Crippen LogP contribution >= 0.6 is 11.5 Å². The summed E-state index contributed by atoms with van der Waals surface area (Å²) in [6.45, 7) is 6.01.